The SMILES string of the molecule is CC(Oc1ccc(-c2ccccc2)cc1)C(=O)N1CCC2CCC(C1)N2.Cl. The Kier molecular flexibility index (Phi) is 6.40. The lowest BCUT2D eigenvalue weighted by Gasteiger charge is -2.27. The number of likely N-dealkylation sites (tertiary alicyclic amines) is 1. The highest BCUT2D eigenvalue weighted by Gasteiger charge is 2.33. The van der Waals surface area contributed by atoms with Gasteiger partial charge in [0.2, 0.25) is 0 Å². The molecule has 4 nitrogen and oxygen atoms in total. The first kappa shape index (κ1) is 19.7. The number of halogens is 1. The average molecular weight is 387 g/mol. The number of benzene rings is 2. The number of carbonyl (C=O) groups is 1. The number of nitrogens with one attached hydrogen (secondary N) is 1. The molecule has 0 spiro atoms. The van der Waals surface area contributed by atoms with Gasteiger partial charge in [-0.2, -0.15) is 0 Å². The monoisotopic (exact) mass is 386 g/mol. The van der Waals surface area contributed by atoms with Crippen LogP contribution in [0.3, 0.4) is 0 Å². The first-order chi connectivity index (χ1) is 12.7. The van der Waals surface area contributed by atoms with E-state index in [9.17, 15) is 4.79 Å². The van der Waals surface area contributed by atoms with Crippen LogP contribution in [0.2, 0.25) is 0 Å². The smallest absolute Gasteiger partial charge is 0.263 e. The molecule has 2 fully saturated rings. The molecule has 0 saturated carbocycles. The Morgan fingerprint density at radius 3 is 2.41 bits per heavy atom. The molecule has 2 aromatic carbocycles. The van der Waals surface area contributed by atoms with Crippen molar-refractivity contribution in [2.24, 2.45) is 0 Å². The molecule has 0 aromatic heterocycles. The van der Waals surface area contributed by atoms with E-state index in [0.29, 0.717) is 12.1 Å². The summed E-state index contributed by atoms with van der Waals surface area (Å²) in [7, 11) is 0. The second-order valence-corrected chi connectivity index (χ2v) is 7.36. The minimum Gasteiger partial charge on any atom is -0.481 e. The number of nitrogens with zero attached hydrogens (tertiary/aromatic N) is 1. The van der Waals surface area contributed by atoms with Crippen LogP contribution in [0, 0.1) is 0 Å². The van der Waals surface area contributed by atoms with Gasteiger partial charge >= 0.3 is 0 Å². The number of ether oxygens (including phenoxy) is 1. The summed E-state index contributed by atoms with van der Waals surface area (Å²) in [6.45, 7) is 3.48. The zero-order valence-corrected chi connectivity index (χ0v) is 16.5. The van der Waals surface area contributed by atoms with E-state index in [1.165, 1.54) is 18.4 Å². The van der Waals surface area contributed by atoms with Gasteiger partial charge in [0, 0.05) is 25.2 Å². The Morgan fingerprint density at radius 2 is 1.67 bits per heavy atom. The highest BCUT2D eigenvalue weighted by Crippen LogP contribution is 2.24. The molecule has 27 heavy (non-hydrogen) atoms. The number of hydrogen-bond acceptors (Lipinski definition) is 3. The summed E-state index contributed by atoms with van der Waals surface area (Å²) in [4.78, 5) is 14.8. The molecule has 1 N–H and O–H groups in total. The van der Waals surface area contributed by atoms with Crippen LogP contribution in [0.4, 0.5) is 0 Å². The molecule has 3 unspecified atom stereocenters. The van der Waals surface area contributed by atoms with Gasteiger partial charge in [0.25, 0.3) is 5.91 Å². The standard InChI is InChI=1S/C22H26N2O2.ClH/c1-16(22(25)24-14-13-19-9-10-20(15-24)23-19)26-21-11-7-18(8-12-21)17-5-3-2-4-6-17;/h2-8,11-12,16,19-20,23H,9-10,13-15H2,1H3;1H. The third kappa shape index (κ3) is 4.63. The van der Waals surface area contributed by atoms with E-state index in [1.807, 2.05) is 54.3 Å². The Balaban J connectivity index is 0.00000210. The molecular weight excluding hydrogens is 360 g/mol. The van der Waals surface area contributed by atoms with Crippen LogP contribution in [0.15, 0.2) is 54.6 Å². The van der Waals surface area contributed by atoms with E-state index in [2.05, 4.69) is 17.4 Å². The molecule has 2 heterocycles. The predicted octanol–water partition coefficient (Wildman–Crippen LogP) is 3.90. The van der Waals surface area contributed by atoms with Crippen LogP contribution in [0.5, 0.6) is 5.75 Å². The summed E-state index contributed by atoms with van der Waals surface area (Å²) < 4.78 is 5.93. The summed E-state index contributed by atoms with van der Waals surface area (Å²) in [5.41, 5.74) is 2.32. The fourth-order valence-corrected chi connectivity index (χ4v) is 4.01. The zero-order chi connectivity index (χ0) is 17.9. The number of hydrogen-bond donors (Lipinski definition) is 1. The van der Waals surface area contributed by atoms with E-state index in [4.69, 9.17) is 4.74 Å². The zero-order valence-electron chi connectivity index (χ0n) is 15.6. The van der Waals surface area contributed by atoms with Gasteiger partial charge in [-0.15, -0.1) is 12.4 Å². The van der Waals surface area contributed by atoms with Crippen molar-refractivity contribution in [3.63, 3.8) is 0 Å². The molecule has 2 bridgehead atoms. The van der Waals surface area contributed by atoms with E-state index < -0.39 is 6.10 Å². The summed E-state index contributed by atoms with van der Waals surface area (Å²) in [5, 5.41) is 3.61. The minimum atomic E-state index is -0.464. The Bertz CT molecular complexity index is 751. The lowest BCUT2D eigenvalue weighted by atomic mass is 10.1. The summed E-state index contributed by atoms with van der Waals surface area (Å²) in [6, 6.07) is 19.2. The number of fused-ring (bicyclic) bond motifs is 2. The molecule has 0 radical (unpaired) electrons. The normalized spacial score (nSPS) is 22.5. The summed E-state index contributed by atoms with van der Waals surface area (Å²) >= 11 is 0. The molecule has 4 rings (SSSR count). The van der Waals surface area contributed by atoms with Crippen molar-refractivity contribution in [1.82, 2.24) is 10.2 Å². The molecular formula is C22H27ClN2O2. The number of rotatable bonds is 4. The molecule has 3 atom stereocenters. The maximum absolute atomic E-state index is 12.8. The van der Waals surface area contributed by atoms with Gasteiger partial charge in [0.1, 0.15) is 5.75 Å². The van der Waals surface area contributed by atoms with E-state index in [0.717, 1.165) is 30.8 Å². The quantitative estimate of drug-likeness (QED) is 0.866. The third-order valence-electron chi connectivity index (χ3n) is 5.46. The Hall–Kier alpha value is -2.04. The van der Waals surface area contributed by atoms with Gasteiger partial charge in [0.15, 0.2) is 6.10 Å². The van der Waals surface area contributed by atoms with Gasteiger partial charge in [-0.3, -0.25) is 4.79 Å². The van der Waals surface area contributed by atoms with Crippen molar-refractivity contribution < 1.29 is 9.53 Å². The molecule has 144 valence electrons. The Morgan fingerprint density at radius 1 is 1.00 bits per heavy atom. The van der Waals surface area contributed by atoms with Crippen LogP contribution in [0.1, 0.15) is 26.2 Å². The molecule has 1 amide bonds. The molecule has 2 aromatic rings. The second kappa shape index (κ2) is 8.77. The maximum atomic E-state index is 12.8. The van der Waals surface area contributed by atoms with Crippen LogP contribution in [-0.4, -0.2) is 42.1 Å². The van der Waals surface area contributed by atoms with Crippen molar-refractivity contribution in [2.75, 3.05) is 13.1 Å². The fourth-order valence-electron chi connectivity index (χ4n) is 4.01. The average Bonchev–Trinajstić information content (AvgIpc) is 3.01. The molecule has 5 heteroatoms. The first-order valence-corrected chi connectivity index (χ1v) is 9.56. The van der Waals surface area contributed by atoms with Crippen molar-refractivity contribution >= 4 is 18.3 Å². The summed E-state index contributed by atoms with van der Waals surface area (Å²) in [6.07, 6.45) is 2.99. The van der Waals surface area contributed by atoms with Gasteiger partial charge in [-0.05, 0) is 49.4 Å². The van der Waals surface area contributed by atoms with Crippen molar-refractivity contribution in [3.8, 4) is 16.9 Å². The number of amides is 1. The van der Waals surface area contributed by atoms with Crippen LogP contribution < -0.4 is 10.1 Å². The lowest BCUT2D eigenvalue weighted by molar-refractivity contribution is -0.138. The van der Waals surface area contributed by atoms with Gasteiger partial charge < -0.3 is 15.0 Å². The van der Waals surface area contributed by atoms with Crippen molar-refractivity contribution in [3.05, 3.63) is 54.6 Å². The van der Waals surface area contributed by atoms with Crippen LogP contribution in [0.25, 0.3) is 11.1 Å². The van der Waals surface area contributed by atoms with Crippen molar-refractivity contribution in [1.29, 1.82) is 0 Å². The topological polar surface area (TPSA) is 41.6 Å². The van der Waals surface area contributed by atoms with Gasteiger partial charge in [0.05, 0.1) is 0 Å². The minimum absolute atomic E-state index is 0. The number of carbonyl (C=O) groups excluding carboxylic acids is 1. The molecule has 2 saturated heterocycles. The molecule has 2 aliphatic rings. The van der Waals surface area contributed by atoms with Gasteiger partial charge in [-0.25, -0.2) is 0 Å². The van der Waals surface area contributed by atoms with E-state index in [1.54, 1.807) is 0 Å². The lowest BCUT2D eigenvalue weighted by Crippen LogP contribution is -2.44. The van der Waals surface area contributed by atoms with Crippen LogP contribution >= 0.6 is 12.4 Å². The Labute approximate surface area is 167 Å². The van der Waals surface area contributed by atoms with E-state index >= 15 is 0 Å². The summed E-state index contributed by atoms with van der Waals surface area (Å²) in [5.74, 6) is 0.825. The largest absolute Gasteiger partial charge is 0.481 e. The maximum Gasteiger partial charge on any atom is 0.263 e. The third-order valence-corrected chi connectivity index (χ3v) is 5.46. The highest BCUT2D eigenvalue weighted by atomic mass is 35.5. The first-order valence-electron chi connectivity index (χ1n) is 9.56. The van der Waals surface area contributed by atoms with E-state index in [-0.39, 0.29) is 18.3 Å². The van der Waals surface area contributed by atoms with Gasteiger partial charge in [-0.1, -0.05) is 42.5 Å². The second-order valence-electron chi connectivity index (χ2n) is 7.36. The fraction of sp³-hybridized carbons (Fsp3) is 0.409. The van der Waals surface area contributed by atoms with Crippen LogP contribution in [-0.2, 0) is 4.79 Å². The predicted molar refractivity (Wildman–Crippen MR) is 110 cm³/mol. The highest BCUT2D eigenvalue weighted by molar-refractivity contribution is 5.85. The molecule has 2 aliphatic heterocycles. The molecule has 0 aliphatic carbocycles. The van der Waals surface area contributed by atoms with Crippen molar-refractivity contribution in [2.45, 2.75) is 44.4 Å².